The van der Waals surface area contributed by atoms with Crippen LogP contribution < -0.4 is 0 Å². The second-order valence-corrected chi connectivity index (χ2v) is 7.73. The average molecular weight is 329 g/mol. The van der Waals surface area contributed by atoms with E-state index in [0.29, 0.717) is 6.42 Å². The van der Waals surface area contributed by atoms with Gasteiger partial charge in [0.1, 0.15) is 0 Å². The van der Waals surface area contributed by atoms with Crippen LogP contribution in [-0.2, 0) is 4.79 Å². The standard InChI is InChI=1S/C20H40O3/c1-17(2)12-8-4-5-9-13-18(3)14-10-6-7-11-15-19(21)16-20(22)23/h17-19,21H,4-16H2,1-3H3,(H,22,23). The summed E-state index contributed by atoms with van der Waals surface area (Å²) in [6.07, 6.45) is 14.0. The highest BCUT2D eigenvalue weighted by Gasteiger charge is 2.08. The molecule has 0 heterocycles. The third kappa shape index (κ3) is 17.6. The van der Waals surface area contributed by atoms with E-state index in [9.17, 15) is 9.90 Å². The predicted octanol–water partition coefficient (Wildman–Crippen LogP) is 5.80. The van der Waals surface area contributed by atoms with Crippen LogP contribution in [0.15, 0.2) is 0 Å². The molecule has 0 aromatic rings. The fraction of sp³-hybridized carbons (Fsp3) is 0.950. The van der Waals surface area contributed by atoms with Gasteiger partial charge >= 0.3 is 5.97 Å². The van der Waals surface area contributed by atoms with Crippen molar-refractivity contribution in [3.63, 3.8) is 0 Å². The largest absolute Gasteiger partial charge is 0.481 e. The van der Waals surface area contributed by atoms with Crippen LogP contribution >= 0.6 is 0 Å². The molecule has 0 aliphatic heterocycles. The van der Waals surface area contributed by atoms with Crippen molar-refractivity contribution in [3.8, 4) is 0 Å². The van der Waals surface area contributed by atoms with E-state index in [0.717, 1.165) is 24.7 Å². The number of carboxylic acids is 1. The van der Waals surface area contributed by atoms with E-state index in [4.69, 9.17) is 5.11 Å². The molecule has 138 valence electrons. The van der Waals surface area contributed by atoms with Gasteiger partial charge in [-0.15, -0.1) is 0 Å². The van der Waals surface area contributed by atoms with E-state index in [2.05, 4.69) is 20.8 Å². The van der Waals surface area contributed by atoms with Gasteiger partial charge < -0.3 is 10.2 Å². The lowest BCUT2D eigenvalue weighted by atomic mass is 9.95. The van der Waals surface area contributed by atoms with E-state index in [1.54, 1.807) is 0 Å². The van der Waals surface area contributed by atoms with Crippen molar-refractivity contribution < 1.29 is 15.0 Å². The van der Waals surface area contributed by atoms with Crippen LogP contribution in [0.2, 0.25) is 0 Å². The van der Waals surface area contributed by atoms with Crippen molar-refractivity contribution in [2.45, 2.75) is 110 Å². The molecule has 23 heavy (non-hydrogen) atoms. The Bertz CT molecular complexity index is 276. The topological polar surface area (TPSA) is 57.5 Å². The molecule has 0 aromatic heterocycles. The van der Waals surface area contributed by atoms with Gasteiger partial charge in [-0.05, 0) is 18.3 Å². The summed E-state index contributed by atoms with van der Waals surface area (Å²) in [5.74, 6) is 0.771. The highest BCUT2D eigenvalue weighted by atomic mass is 16.4. The van der Waals surface area contributed by atoms with Gasteiger partial charge in [-0.2, -0.15) is 0 Å². The number of carbonyl (C=O) groups is 1. The molecule has 0 saturated heterocycles. The Kier molecular flexibility index (Phi) is 14.6. The average Bonchev–Trinajstić information content (AvgIpc) is 2.45. The Morgan fingerprint density at radius 3 is 1.61 bits per heavy atom. The quantitative estimate of drug-likeness (QED) is 0.352. The van der Waals surface area contributed by atoms with Crippen molar-refractivity contribution in [2.24, 2.45) is 11.8 Å². The van der Waals surface area contributed by atoms with E-state index in [-0.39, 0.29) is 6.42 Å². The first-order valence-corrected chi connectivity index (χ1v) is 9.81. The summed E-state index contributed by atoms with van der Waals surface area (Å²) in [6.45, 7) is 6.97. The van der Waals surface area contributed by atoms with Gasteiger partial charge in [0.05, 0.1) is 12.5 Å². The number of hydrogen-bond acceptors (Lipinski definition) is 2. The number of carboxylic acid groups (broad SMARTS) is 1. The van der Waals surface area contributed by atoms with E-state index in [1.165, 1.54) is 57.8 Å². The minimum absolute atomic E-state index is 0.117. The third-order valence-electron chi connectivity index (χ3n) is 4.62. The van der Waals surface area contributed by atoms with Gasteiger partial charge in [0.2, 0.25) is 0 Å². The lowest BCUT2D eigenvalue weighted by Gasteiger charge is -2.12. The van der Waals surface area contributed by atoms with Crippen LogP contribution in [-0.4, -0.2) is 22.3 Å². The first kappa shape index (κ1) is 22.4. The van der Waals surface area contributed by atoms with Gasteiger partial charge in [-0.1, -0.05) is 91.4 Å². The molecule has 0 bridgehead atoms. The molecule has 0 aromatic carbocycles. The molecule has 0 amide bonds. The molecule has 3 heteroatoms. The minimum Gasteiger partial charge on any atom is -0.481 e. The molecule has 0 radical (unpaired) electrons. The first-order valence-electron chi connectivity index (χ1n) is 9.81. The molecule has 0 spiro atoms. The fourth-order valence-electron chi connectivity index (χ4n) is 3.07. The van der Waals surface area contributed by atoms with E-state index >= 15 is 0 Å². The van der Waals surface area contributed by atoms with Gasteiger partial charge in [-0.3, -0.25) is 4.79 Å². The van der Waals surface area contributed by atoms with Gasteiger partial charge in [0, 0.05) is 0 Å². The summed E-state index contributed by atoms with van der Waals surface area (Å²) < 4.78 is 0. The fourth-order valence-corrected chi connectivity index (χ4v) is 3.07. The first-order chi connectivity index (χ1) is 10.9. The minimum atomic E-state index is -0.907. The number of aliphatic hydroxyl groups excluding tert-OH is 1. The van der Waals surface area contributed by atoms with Crippen LogP contribution in [0.1, 0.15) is 104 Å². The molecule has 2 unspecified atom stereocenters. The lowest BCUT2D eigenvalue weighted by molar-refractivity contribution is -0.139. The monoisotopic (exact) mass is 328 g/mol. The summed E-state index contributed by atoms with van der Waals surface area (Å²) in [6, 6.07) is 0. The smallest absolute Gasteiger partial charge is 0.305 e. The highest BCUT2D eigenvalue weighted by molar-refractivity contribution is 5.67. The highest BCUT2D eigenvalue weighted by Crippen LogP contribution is 2.19. The summed E-state index contributed by atoms with van der Waals surface area (Å²) in [5.41, 5.74) is 0. The van der Waals surface area contributed by atoms with Crippen molar-refractivity contribution in [3.05, 3.63) is 0 Å². The van der Waals surface area contributed by atoms with Gasteiger partial charge in [0.15, 0.2) is 0 Å². The molecule has 0 fully saturated rings. The molecular formula is C20H40O3. The number of hydrogen-bond donors (Lipinski definition) is 2. The van der Waals surface area contributed by atoms with E-state index < -0.39 is 12.1 Å². The SMILES string of the molecule is CC(C)CCCCCCC(C)CCCCCCC(O)CC(=O)O. The molecule has 3 nitrogen and oxygen atoms in total. The second kappa shape index (κ2) is 15.0. The normalized spacial score (nSPS) is 14.1. The zero-order valence-electron chi connectivity index (χ0n) is 15.7. The van der Waals surface area contributed by atoms with Crippen molar-refractivity contribution >= 4 is 5.97 Å². The molecule has 2 N–H and O–H groups in total. The molecular weight excluding hydrogens is 288 g/mol. The third-order valence-corrected chi connectivity index (χ3v) is 4.62. The number of aliphatic hydroxyl groups is 1. The summed E-state index contributed by atoms with van der Waals surface area (Å²) >= 11 is 0. The maximum Gasteiger partial charge on any atom is 0.305 e. The number of aliphatic carboxylic acids is 1. The van der Waals surface area contributed by atoms with Crippen LogP contribution in [0.5, 0.6) is 0 Å². The lowest BCUT2D eigenvalue weighted by Crippen LogP contribution is -2.12. The van der Waals surface area contributed by atoms with Gasteiger partial charge in [-0.25, -0.2) is 0 Å². The Morgan fingerprint density at radius 1 is 0.739 bits per heavy atom. The van der Waals surface area contributed by atoms with Crippen molar-refractivity contribution in [1.82, 2.24) is 0 Å². The maximum absolute atomic E-state index is 10.4. The zero-order chi connectivity index (χ0) is 17.5. The molecule has 2 atom stereocenters. The Morgan fingerprint density at radius 2 is 1.17 bits per heavy atom. The Labute approximate surface area is 143 Å². The van der Waals surface area contributed by atoms with Crippen LogP contribution in [0.3, 0.4) is 0 Å². The molecule has 0 aliphatic rings. The Hall–Kier alpha value is -0.570. The summed E-state index contributed by atoms with van der Waals surface area (Å²) in [7, 11) is 0. The number of rotatable bonds is 16. The zero-order valence-corrected chi connectivity index (χ0v) is 15.7. The van der Waals surface area contributed by atoms with Crippen molar-refractivity contribution in [1.29, 1.82) is 0 Å². The van der Waals surface area contributed by atoms with Crippen LogP contribution in [0.25, 0.3) is 0 Å². The summed E-state index contributed by atoms with van der Waals surface area (Å²) in [4.78, 5) is 10.4. The van der Waals surface area contributed by atoms with Crippen molar-refractivity contribution in [2.75, 3.05) is 0 Å². The van der Waals surface area contributed by atoms with E-state index in [1.807, 2.05) is 0 Å². The second-order valence-electron chi connectivity index (χ2n) is 7.73. The predicted molar refractivity (Wildman–Crippen MR) is 97.7 cm³/mol. The Balaban J connectivity index is 3.30. The maximum atomic E-state index is 10.4. The molecule has 0 rings (SSSR count). The van der Waals surface area contributed by atoms with Gasteiger partial charge in [0.25, 0.3) is 0 Å². The molecule has 0 aliphatic carbocycles. The van der Waals surface area contributed by atoms with Crippen LogP contribution in [0.4, 0.5) is 0 Å². The molecule has 0 saturated carbocycles. The summed E-state index contributed by atoms with van der Waals surface area (Å²) in [5, 5.41) is 18.0. The van der Waals surface area contributed by atoms with Crippen LogP contribution in [0, 0.1) is 11.8 Å². The number of unbranched alkanes of at least 4 members (excludes halogenated alkanes) is 6.